The monoisotopic (exact) mass is 428 g/mol. The molecule has 154 valence electrons. The van der Waals surface area contributed by atoms with Crippen LogP contribution in [0.4, 0.5) is 0 Å². The molecule has 0 aromatic carbocycles. The summed E-state index contributed by atoms with van der Waals surface area (Å²) in [5, 5.41) is 0. The van der Waals surface area contributed by atoms with Gasteiger partial charge in [-0.3, -0.25) is 0 Å². The molecule has 0 spiro atoms. The van der Waals surface area contributed by atoms with Crippen LogP contribution in [-0.4, -0.2) is 43.7 Å². The number of hydrogen-bond acceptors (Lipinski definition) is 5. The van der Waals surface area contributed by atoms with Crippen molar-refractivity contribution in [1.29, 1.82) is 0 Å². The van der Waals surface area contributed by atoms with Crippen molar-refractivity contribution in [3.63, 3.8) is 0 Å². The summed E-state index contributed by atoms with van der Waals surface area (Å²) in [6, 6.07) is 0. The van der Waals surface area contributed by atoms with E-state index < -0.39 is 13.8 Å². The van der Waals surface area contributed by atoms with Crippen LogP contribution in [0.15, 0.2) is 11.6 Å². The third-order valence-electron chi connectivity index (χ3n) is 4.71. The van der Waals surface area contributed by atoms with E-state index in [9.17, 15) is 19.1 Å². The minimum Gasteiger partial charge on any atom is -0.780 e. The van der Waals surface area contributed by atoms with Crippen LogP contribution in [-0.2, 0) is 13.9 Å². The Labute approximate surface area is 196 Å². The fourth-order valence-electron chi connectivity index (χ4n) is 3.12. The molecule has 0 N–H and O–H groups in total. The number of phosphoric ester groups is 1. The van der Waals surface area contributed by atoms with Crippen LogP contribution in [0.1, 0.15) is 92.4 Å². The third kappa shape index (κ3) is 21.2. The van der Waals surface area contributed by atoms with Crippen molar-refractivity contribution in [2.45, 2.75) is 92.4 Å². The van der Waals surface area contributed by atoms with E-state index in [-0.39, 0.29) is 37.7 Å². The zero-order chi connectivity index (χ0) is 20.2. The van der Waals surface area contributed by atoms with Crippen LogP contribution in [0.5, 0.6) is 0 Å². The van der Waals surface area contributed by atoms with E-state index in [1.54, 1.807) is 6.92 Å². The third-order valence-corrected chi connectivity index (χ3v) is 5.11. The molecular weight excluding hydrogens is 391 g/mol. The molecule has 0 aliphatic carbocycles. The Hall–Kier alpha value is 0.620. The maximum absolute atomic E-state index is 11.2. The Balaban J connectivity index is 0. The standard InChI is InChI=1S/C20H39O5P.Ca/c1-16(2)9-6-10-17(3)11-7-12-18(4)13-8-14-19(5)15-20(21)25-26(22,23)24;/h15-18H,6-14H2,1-5H3,(H2,22,23,24);/q;+2/p-2/b19-15+;/t17-,18-;/m1./s1. The van der Waals surface area contributed by atoms with Gasteiger partial charge in [0.25, 0.3) is 0 Å². The minimum atomic E-state index is -5.25. The summed E-state index contributed by atoms with van der Waals surface area (Å²) in [7, 11) is -5.25. The Morgan fingerprint density at radius 2 is 1.37 bits per heavy atom. The molecule has 0 radical (unpaired) electrons. The van der Waals surface area contributed by atoms with E-state index in [0.717, 1.165) is 36.3 Å². The van der Waals surface area contributed by atoms with Crippen molar-refractivity contribution in [1.82, 2.24) is 0 Å². The molecule has 2 atom stereocenters. The average Bonchev–Trinajstić information content (AvgIpc) is 2.44. The smallest absolute Gasteiger partial charge is 0.780 e. The molecule has 5 nitrogen and oxygen atoms in total. The normalized spacial score (nSPS) is 14.6. The summed E-state index contributed by atoms with van der Waals surface area (Å²) < 4.78 is 14.1. The average molecular weight is 429 g/mol. The van der Waals surface area contributed by atoms with Crippen molar-refractivity contribution in [3.05, 3.63) is 11.6 Å². The van der Waals surface area contributed by atoms with Crippen molar-refractivity contribution >= 4 is 51.5 Å². The van der Waals surface area contributed by atoms with Crippen molar-refractivity contribution < 1.29 is 23.7 Å². The van der Waals surface area contributed by atoms with Crippen LogP contribution < -0.4 is 9.79 Å². The molecule has 0 saturated carbocycles. The summed E-state index contributed by atoms with van der Waals surface area (Å²) in [4.78, 5) is 31.9. The van der Waals surface area contributed by atoms with Gasteiger partial charge < -0.3 is 18.9 Å². The van der Waals surface area contributed by atoms with E-state index in [0.29, 0.717) is 12.3 Å². The summed E-state index contributed by atoms with van der Waals surface area (Å²) in [5.41, 5.74) is 0.731. The molecule has 27 heavy (non-hydrogen) atoms. The van der Waals surface area contributed by atoms with Gasteiger partial charge in [-0.15, -0.1) is 0 Å². The maximum atomic E-state index is 11.2. The molecule has 0 heterocycles. The largest absolute Gasteiger partial charge is 2.00 e. The summed E-state index contributed by atoms with van der Waals surface area (Å²) in [5.74, 6) is 1.14. The second kappa shape index (κ2) is 16.4. The number of carbonyl (C=O) groups excluding carboxylic acids is 1. The fourth-order valence-corrected chi connectivity index (χ4v) is 3.39. The van der Waals surface area contributed by atoms with Gasteiger partial charge in [0, 0.05) is 6.08 Å². The molecular formula is C20H37CaO5P. The first-order valence-corrected chi connectivity index (χ1v) is 11.4. The molecule has 0 bridgehead atoms. The van der Waals surface area contributed by atoms with Crippen LogP contribution in [0.25, 0.3) is 0 Å². The predicted octanol–water partition coefficient (Wildman–Crippen LogP) is 4.36. The van der Waals surface area contributed by atoms with Gasteiger partial charge in [-0.05, 0) is 37.5 Å². The minimum absolute atomic E-state index is 0. The van der Waals surface area contributed by atoms with Gasteiger partial charge in [0.15, 0.2) is 0 Å². The fraction of sp³-hybridized carbons (Fsp3) is 0.850. The van der Waals surface area contributed by atoms with Crippen LogP contribution in [0.2, 0.25) is 0 Å². The van der Waals surface area contributed by atoms with E-state index >= 15 is 0 Å². The number of hydrogen-bond donors (Lipinski definition) is 0. The molecule has 0 aromatic rings. The maximum Gasteiger partial charge on any atom is 2.00 e. The van der Waals surface area contributed by atoms with Crippen molar-refractivity contribution in [3.8, 4) is 0 Å². The summed E-state index contributed by atoms with van der Waals surface area (Å²) in [6.45, 7) is 10.9. The number of allylic oxidation sites excluding steroid dienone is 1. The van der Waals surface area contributed by atoms with Crippen LogP contribution >= 0.6 is 7.82 Å². The van der Waals surface area contributed by atoms with Gasteiger partial charge in [0.1, 0.15) is 7.82 Å². The molecule has 0 aliphatic heterocycles. The van der Waals surface area contributed by atoms with E-state index in [2.05, 4.69) is 32.2 Å². The SMILES string of the molecule is C/C(=C\C(=O)OP(=O)([O-])[O-])CCC[C@H](C)CCC[C@H](C)CCCC(C)C.[Ca+2]. The Kier molecular flexibility index (Phi) is 18.1. The number of rotatable bonds is 14. The predicted molar refractivity (Wildman–Crippen MR) is 108 cm³/mol. The number of phosphoric acid groups is 1. The molecule has 0 amide bonds. The van der Waals surface area contributed by atoms with Crippen LogP contribution in [0.3, 0.4) is 0 Å². The van der Waals surface area contributed by atoms with Gasteiger partial charge in [0.2, 0.25) is 0 Å². The first kappa shape index (κ1) is 29.8. The van der Waals surface area contributed by atoms with E-state index in [1.807, 2.05) is 0 Å². The molecule has 0 aliphatic rings. The second-order valence-electron chi connectivity index (χ2n) is 8.21. The van der Waals surface area contributed by atoms with Gasteiger partial charge in [-0.25, -0.2) is 4.79 Å². The Bertz CT molecular complexity index is 473. The summed E-state index contributed by atoms with van der Waals surface area (Å²) >= 11 is 0. The summed E-state index contributed by atoms with van der Waals surface area (Å²) in [6.07, 6.45) is 11.5. The van der Waals surface area contributed by atoms with Crippen molar-refractivity contribution in [2.24, 2.45) is 17.8 Å². The molecule has 0 rings (SSSR count). The van der Waals surface area contributed by atoms with Crippen molar-refractivity contribution in [2.75, 3.05) is 0 Å². The second-order valence-corrected chi connectivity index (χ2v) is 9.28. The molecule has 0 fully saturated rings. The van der Waals surface area contributed by atoms with Crippen LogP contribution in [0, 0.1) is 17.8 Å². The van der Waals surface area contributed by atoms with E-state index in [4.69, 9.17) is 0 Å². The molecule has 0 aromatic heterocycles. The Morgan fingerprint density at radius 3 is 1.81 bits per heavy atom. The Morgan fingerprint density at radius 1 is 0.926 bits per heavy atom. The van der Waals surface area contributed by atoms with Gasteiger partial charge in [-0.1, -0.05) is 78.2 Å². The first-order chi connectivity index (χ1) is 12.0. The quantitative estimate of drug-likeness (QED) is 0.233. The van der Waals surface area contributed by atoms with Gasteiger partial charge in [-0.2, -0.15) is 0 Å². The molecule has 0 saturated heterocycles. The van der Waals surface area contributed by atoms with Gasteiger partial charge in [0.05, 0.1) is 0 Å². The van der Waals surface area contributed by atoms with Gasteiger partial charge >= 0.3 is 43.7 Å². The first-order valence-electron chi connectivity index (χ1n) is 9.92. The molecule has 7 heteroatoms. The van der Waals surface area contributed by atoms with E-state index in [1.165, 1.54) is 38.5 Å². The number of carbonyl (C=O) groups is 1. The molecule has 0 unspecified atom stereocenters. The topological polar surface area (TPSA) is 89.5 Å². The zero-order valence-corrected chi connectivity index (χ0v) is 21.0. The zero-order valence-electron chi connectivity index (χ0n) is 17.9.